The van der Waals surface area contributed by atoms with Crippen LogP contribution >= 0.6 is 0 Å². The highest BCUT2D eigenvalue weighted by molar-refractivity contribution is 7.89. The molecule has 0 aromatic heterocycles. The summed E-state index contributed by atoms with van der Waals surface area (Å²) in [5, 5.41) is 9.19. The zero-order valence-corrected chi connectivity index (χ0v) is 22.0. The first-order valence-electron chi connectivity index (χ1n) is 11.9. The minimum absolute atomic E-state index is 0.0203. The summed E-state index contributed by atoms with van der Waals surface area (Å²) in [6, 6.07) is 12.3. The maximum absolute atomic E-state index is 12.7. The van der Waals surface area contributed by atoms with Crippen LogP contribution in [0, 0.1) is 0 Å². The largest absolute Gasteiger partial charge is 0.484 e. The van der Waals surface area contributed by atoms with E-state index >= 15 is 0 Å². The lowest BCUT2D eigenvalue weighted by atomic mass is 10.2. The molecule has 3 amide bonds. The Morgan fingerprint density at radius 2 is 1.82 bits per heavy atom. The lowest BCUT2D eigenvalue weighted by molar-refractivity contribution is -0.123. The van der Waals surface area contributed by atoms with Gasteiger partial charge in [-0.25, -0.2) is 13.8 Å². The summed E-state index contributed by atoms with van der Waals surface area (Å²) >= 11 is 0. The Morgan fingerprint density at radius 1 is 1.11 bits per heavy atom. The Morgan fingerprint density at radius 3 is 2.45 bits per heavy atom. The van der Waals surface area contributed by atoms with Crippen molar-refractivity contribution in [3.05, 3.63) is 54.1 Å². The molecule has 1 heterocycles. The van der Waals surface area contributed by atoms with Crippen LogP contribution in [0.5, 0.6) is 5.75 Å². The molecule has 2 aromatic carbocycles. The zero-order chi connectivity index (χ0) is 27.5. The van der Waals surface area contributed by atoms with Crippen LogP contribution in [-0.4, -0.2) is 76.1 Å². The molecule has 2 aromatic rings. The van der Waals surface area contributed by atoms with E-state index in [0.29, 0.717) is 23.5 Å². The van der Waals surface area contributed by atoms with Crippen LogP contribution < -0.4 is 20.8 Å². The molecule has 0 aliphatic carbocycles. The number of nitrogens with one attached hydrogen (secondary N) is 3. The second-order valence-electron chi connectivity index (χ2n) is 8.56. The maximum Gasteiger partial charge on any atom is 0.258 e. The highest BCUT2D eigenvalue weighted by Gasteiger charge is 2.23. The molecule has 0 spiro atoms. The van der Waals surface area contributed by atoms with Gasteiger partial charge in [-0.05, 0) is 66.9 Å². The van der Waals surface area contributed by atoms with Crippen molar-refractivity contribution >= 4 is 39.6 Å². The van der Waals surface area contributed by atoms with Crippen molar-refractivity contribution in [3.8, 4) is 5.75 Å². The minimum atomic E-state index is -3.92. The quantitative estimate of drug-likeness (QED) is 0.266. The highest BCUT2D eigenvalue weighted by atomic mass is 32.2. The third-order valence-electron chi connectivity index (χ3n) is 5.45. The maximum atomic E-state index is 12.7. The van der Waals surface area contributed by atoms with Crippen LogP contribution in [0.25, 0.3) is 0 Å². The molecule has 0 bridgehead atoms. The Bertz CT molecular complexity index is 1240. The molecule has 3 N–H and O–H groups in total. The fourth-order valence-corrected chi connectivity index (χ4v) is 4.60. The predicted molar refractivity (Wildman–Crippen MR) is 140 cm³/mol. The van der Waals surface area contributed by atoms with E-state index in [9.17, 15) is 22.8 Å². The fraction of sp³-hybridized carbons (Fsp3) is 0.360. The Balaban J connectivity index is 1.41. The number of likely N-dealkylation sites (N-methyl/N-ethyl adjacent to an activating group) is 1. The number of benzene rings is 2. The molecule has 1 fully saturated rings. The molecule has 13 heteroatoms. The molecule has 3 rings (SSSR count). The zero-order valence-electron chi connectivity index (χ0n) is 21.2. The highest BCUT2D eigenvalue weighted by Crippen LogP contribution is 2.17. The van der Waals surface area contributed by atoms with Crippen LogP contribution in [0.1, 0.15) is 25.3 Å². The first kappa shape index (κ1) is 28.8. The molecule has 0 saturated carbocycles. The molecule has 0 radical (unpaired) electrons. The third kappa shape index (κ3) is 8.94. The third-order valence-corrected chi connectivity index (χ3v) is 7.27. The topological polar surface area (TPSA) is 156 Å². The van der Waals surface area contributed by atoms with Crippen molar-refractivity contribution in [2.45, 2.75) is 30.8 Å². The van der Waals surface area contributed by atoms with E-state index in [2.05, 4.69) is 21.2 Å². The lowest BCUT2D eigenvalue weighted by Gasteiger charge is -2.16. The van der Waals surface area contributed by atoms with Crippen LogP contribution in [0.2, 0.25) is 0 Å². The molecule has 38 heavy (non-hydrogen) atoms. The number of hydrogen-bond donors (Lipinski definition) is 3. The van der Waals surface area contributed by atoms with Crippen molar-refractivity contribution in [2.75, 3.05) is 38.7 Å². The van der Waals surface area contributed by atoms with Crippen LogP contribution in [-0.2, 0) is 29.1 Å². The van der Waals surface area contributed by atoms with E-state index in [1.807, 2.05) is 0 Å². The smallest absolute Gasteiger partial charge is 0.258 e. The van der Waals surface area contributed by atoms with E-state index in [1.54, 1.807) is 24.3 Å². The van der Waals surface area contributed by atoms with Gasteiger partial charge in [0.1, 0.15) is 5.75 Å². The Labute approximate surface area is 221 Å². The normalized spacial score (nSPS) is 15.4. The van der Waals surface area contributed by atoms with Crippen molar-refractivity contribution in [2.24, 2.45) is 5.10 Å². The first-order chi connectivity index (χ1) is 18.1. The van der Waals surface area contributed by atoms with Gasteiger partial charge in [-0.1, -0.05) is 0 Å². The van der Waals surface area contributed by atoms with Crippen molar-refractivity contribution in [1.82, 2.24) is 15.0 Å². The van der Waals surface area contributed by atoms with Gasteiger partial charge in [0.15, 0.2) is 6.61 Å². The molecule has 1 aliphatic rings. The number of hydrogen-bond acceptors (Lipinski definition) is 8. The second kappa shape index (κ2) is 13.7. The minimum Gasteiger partial charge on any atom is -0.484 e. The number of hydrazone groups is 1. The van der Waals surface area contributed by atoms with Gasteiger partial charge in [0, 0.05) is 32.8 Å². The van der Waals surface area contributed by atoms with Crippen molar-refractivity contribution < 1.29 is 32.3 Å². The summed E-state index contributed by atoms with van der Waals surface area (Å²) in [5.74, 6) is -0.640. The van der Waals surface area contributed by atoms with Gasteiger partial charge in [-0.3, -0.25) is 14.4 Å². The lowest BCUT2D eigenvalue weighted by Crippen LogP contribution is -2.36. The Hall–Kier alpha value is -3.81. The van der Waals surface area contributed by atoms with Crippen molar-refractivity contribution in [3.63, 3.8) is 0 Å². The van der Waals surface area contributed by atoms with Gasteiger partial charge in [-0.2, -0.15) is 9.41 Å². The van der Waals surface area contributed by atoms with Gasteiger partial charge in [0.2, 0.25) is 15.9 Å². The fourth-order valence-electron chi connectivity index (χ4n) is 3.48. The van der Waals surface area contributed by atoms with E-state index in [4.69, 9.17) is 9.47 Å². The molecule has 1 aliphatic heterocycles. The van der Waals surface area contributed by atoms with Gasteiger partial charge in [0.25, 0.3) is 11.8 Å². The van der Waals surface area contributed by atoms with Gasteiger partial charge in [-0.15, -0.1) is 0 Å². The number of nitrogens with zero attached hydrogens (tertiary/aromatic N) is 2. The van der Waals surface area contributed by atoms with Gasteiger partial charge >= 0.3 is 0 Å². The number of rotatable bonds is 12. The van der Waals surface area contributed by atoms with Crippen LogP contribution in [0.15, 0.2) is 58.5 Å². The van der Waals surface area contributed by atoms with E-state index in [0.717, 1.165) is 23.8 Å². The number of carbonyl (C=O) groups excluding carboxylic acids is 3. The molecule has 1 atom stereocenters. The molecule has 0 unspecified atom stereocenters. The predicted octanol–water partition coefficient (Wildman–Crippen LogP) is 1.09. The van der Waals surface area contributed by atoms with E-state index in [-0.39, 0.29) is 29.4 Å². The molecular formula is C25H31N5O7S. The Kier molecular flexibility index (Phi) is 10.3. The average molecular weight is 546 g/mol. The summed E-state index contributed by atoms with van der Waals surface area (Å²) in [7, 11) is -2.64. The van der Waals surface area contributed by atoms with Gasteiger partial charge < -0.3 is 20.1 Å². The standard InChI is InChI=1S/C25H31N5O7S/c1-18(31)28-20-7-11-23(12-8-20)38(34,35)30(2)16-24(32)29-27-14-19-5-9-21(10-6-19)37-17-25(33)26-15-22-4-3-13-36-22/h5-12,14,22H,3-4,13,15-17H2,1-2H3,(H,26,33)(H,28,31)(H,29,32)/b27-14+/t22-/m1/s1. The molecule has 204 valence electrons. The summed E-state index contributed by atoms with van der Waals surface area (Å²) in [6.45, 7) is 1.98. The second-order valence-corrected chi connectivity index (χ2v) is 10.6. The average Bonchev–Trinajstić information content (AvgIpc) is 3.41. The SMILES string of the molecule is CC(=O)Nc1ccc(S(=O)(=O)N(C)CC(=O)N/N=C/c2ccc(OCC(=O)NC[C@H]3CCCO3)cc2)cc1. The van der Waals surface area contributed by atoms with Gasteiger partial charge in [0.05, 0.1) is 23.8 Å². The molecular weight excluding hydrogens is 514 g/mol. The van der Waals surface area contributed by atoms with Crippen LogP contribution in [0.4, 0.5) is 5.69 Å². The molecule has 12 nitrogen and oxygen atoms in total. The van der Waals surface area contributed by atoms with E-state index in [1.165, 1.54) is 44.5 Å². The van der Waals surface area contributed by atoms with E-state index < -0.39 is 22.5 Å². The molecule has 1 saturated heterocycles. The first-order valence-corrected chi connectivity index (χ1v) is 13.3. The van der Waals surface area contributed by atoms with Crippen LogP contribution in [0.3, 0.4) is 0 Å². The van der Waals surface area contributed by atoms with Crippen molar-refractivity contribution in [1.29, 1.82) is 0 Å². The summed E-state index contributed by atoms with van der Waals surface area (Å²) < 4.78 is 37.2. The number of carbonyl (C=O) groups is 3. The monoisotopic (exact) mass is 545 g/mol. The number of ether oxygens (including phenoxy) is 2. The number of anilines is 1. The summed E-state index contributed by atoms with van der Waals surface area (Å²) in [4.78, 5) is 35.2. The number of amides is 3. The number of sulfonamides is 1. The summed E-state index contributed by atoms with van der Waals surface area (Å²) in [5.41, 5.74) is 3.40. The summed E-state index contributed by atoms with van der Waals surface area (Å²) in [6.07, 6.45) is 3.41.